The summed E-state index contributed by atoms with van der Waals surface area (Å²) >= 11 is 0. The normalized spacial score (nSPS) is 9.87. The minimum absolute atomic E-state index is 0.191. The molecular weight excluding hydrogens is 192 g/mol. The molecular formula is C12H10O3. The highest BCUT2D eigenvalue weighted by molar-refractivity contribution is 5.50. The first-order chi connectivity index (χ1) is 7.27. The Bertz CT molecular complexity index is 452. The lowest BCUT2D eigenvalue weighted by Crippen LogP contribution is -1.84. The molecule has 0 saturated heterocycles. The van der Waals surface area contributed by atoms with Crippen molar-refractivity contribution in [2.45, 2.75) is 0 Å². The highest BCUT2D eigenvalue weighted by Crippen LogP contribution is 2.37. The van der Waals surface area contributed by atoms with Crippen LogP contribution in [0.3, 0.4) is 0 Å². The maximum Gasteiger partial charge on any atom is 0.201 e. The van der Waals surface area contributed by atoms with Gasteiger partial charge in [0.1, 0.15) is 5.75 Å². The van der Waals surface area contributed by atoms with E-state index in [1.54, 1.807) is 24.3 Å². The predicted octanol–water partition coefficient (Wildman–Crippen LogP) is 2.89. The Hall–Kier alpha value is -2.16. The second-order valence-electron chi connectivity index (χ2n) is 3.04. The van der Waals surface area contributed by atoms with E-state index in [0.29, 0.717) is 5.75 Å². The van der Waals surface area contributed by atoms with Crippen LogP contribution in [0, 0.1) is 0 Å². The smallest absolute Gasteiger partial charge is 0.201 e. The number of para-hydroxylation sites is 2. The number of rotatable bonds is 2. The Kier molecular flexibility index (Phi) is 2.46. The van der Waals surface area contributed by atoms with Crippen molar-refractivity contribution in [3.8, 4) is 23.0 Å². The van der Waals surface area contributed by atoms with Gasteiger partial charge < -0.3 is 14.9 Å². The zero-order valence-corrected chi connectivity index (χ0v) is 7.92. The predicted molar refractivity (Wildman–Crippen MR) is 56.3 cm³/mol. The maximum atomic E-state index is 9.48. The quantitative estimate of drug-likeness (QED) is 0.736. The lowest BCUT2D eigenvalue weighted by molar-refractivity contribution is 0.373. The fraction of sp³-hybridized carbons (Fsp3) is 0. The molecule has 0 aliphatic rings. The van der Waals surface area contributed by atoms with Gasteiger partial charge in [0.15, 0.2) is 11.5 Å². The molecule has 2 aromatic rings. The number of phenols is 2. The average Bonchev–Trinajstić information content (AvgIpc) is 2.26. The molecule has 0 spiro atoms. The molecule has 0 heterocycles. The van der Waals surface area contributed by atoms with Crippen molar-refractivity contribution in [3.05, 3.63) is 48.5 Å². The zero-order chi connectivity index (χ0) is 10.7. The second kappa shape index (κ2) is 3.92. The lowest BCUT2D eigenvalue weighted by atomic mass is 10.3. The largest absolute Gasteiger partial charge is 0.504 e. The Balaban J connectivity index is 2.29. The van der Waals surface area contributed by atoms with Crippen molar-refractivity contribution in [3.63, 3.8) is 0 Å². The average molecular weight is 202 g/mol. The van der Waals surface area contributed by atoms with Crippen LogP contribution in [0.1, 0.15) is 0 Å². The van der Waals surface area contributed by atoms with E-state index in [0.717, 1.165) is 0 Å². The standard InChI is InChI=1S/C12H10O3/c13-10-7-4-8-11(12(10)14)15-9-5-2-1-3-6-9/h1-8,13-14H. The number of hydrogen-bond acceptors (Lipinski definition) is 3. The van der Waals surface area contributed by atoms with Crippen molar-refractivity contribution < 1.29 is 14.9 Å². The van der Waals surface area contributed by atoms with E-state index in [1.807, 2.05) is 18.2 Å². The van der Waals surface area contributed by atoms with E-state index in [9.17, 15) is 10.2 Å². The number of benzene rings is 2. The summed E-state index contributed by atoms with van der Waals surface area (Å²) in [7, 11) is 0. The van der Waals surface area contributed by atoms with E-state index in [2.05, 4.69) is 0 Å². The van der Waals surface area contributed by atoms with Crippen LogP contribution in [0.4, 0.5) is 0 Å². The second-order valence-corrected chi connectivity index (χ2v) is 3.04. The summed E-state index contributed by atoms with van der Waals surface area (Å²) < 4.78 is 5.38. The SMILES string of the molecule is Oc1cccc(Oc2ccccc2)c1O. The molecule has 0 fully saturated rings. The van der Waals surface area contributed by atoms with E-state index in [1.165, 1.54) is 6.07 Å². The van der Waals surface area contributed by atoms with E-state index >= 15 is 0 Å². The Morgan fingerprint density at radius 2 is 1.53 bits per heavy atom. The topological polar surface area (TPSA) is 49.7 Å². The minimum atomic E-state index is -0.249. The van der Waals surface area contributed by atoms with Crippen LogP contribution in [0.5, 0.6) is 23.0 Å². The van der Waals surface area contributed by atoms with E-state index in [-0.39, 0.29) is 17.2 Å². The van der Waals surface area contributed by atoms with Gasteiger partial charge in [0, 0.05) is 0 Å². The fourth-order valence-corrected chi connectivity index (χ4v) is 1.21. The summed E-state index contributed by atoms with van der Waals surface area (Å²) in [6.07, 6.45) is 0. The number of phenolic OH excluding ortho intramolecular Hbond substituents is 2. The molecule has 0 aromatic heterocycles. The van der Waals surface area contributed by atoms with Gasteiger partial charge >= 0.3 is 0 Å². The molecule has 3 heteroatoms. The van der Waals surface area contributed by atoms with Gasteiger partial charge in [-0.1, -0.05) is 24.3 Å². The molecule has 0 aliphatic carbocycles. The van der Waals surface area contributed by atoms with Crippen LogP contribution in [0.15, 0.2) is 48.5 Å². The number of ether oxygens (including phenoxy) is 1. The molecule has 0 aliphatic heterocycles. The van der Waals surface area contributed by atoms with Crippen molar-refractivity contribution >= 4 is 0 Å². The number of aromatic hydroxyl groups is 2. The monoisotopic (exact) mass is 202 g/mol. The molecule has 0 saturated carbocycles. The van der Waals surface area contributed by atoms with Gasteiger partial charge in [-0.3, -0.25) is 0 Å². The van der Waals surface area contributed by atoms with Crippen LogP contribution in [0.2, 0.25) is 0 Å². The fourth-order valence-electron chi connectivity index (χ4n) is 1.21. The summed E-state index contributed by atoms with van der Waals surface area (Å²) in [6.45, 7) is 0. The molecule has 0 unspecified atom stereocenters. The molecule has 2 N–H and O–H groups in total. The third-order valence-corrected chi connectivity index (χ3v) is 1.95. The van der Waals surface area contributed by atoms with Gasteiger partial charge in [-0.05, 0) is 24.3 Å². The molecule has 76 valence electrons. The first-order valence-electron chi connectivity index (χ1n) is 4.51. The molecule has 15 heavy (non-hydrogen) atoms. The Morgan fingerprint density at radius 1 is 0.800 bits per heavy atom. The first kappa shape index (κ1) is 9.40. The Labute approximate surface area is 87.2 Å². The van der Waals surface area contributed by atoms with Gasteiger partial charge in [-0.2, -0.15) is 0 Å². The van der Waals surface area contributed by atoms with Gasteiger partial charge in [-0.25, -0.2) is 0 Å². The van der Waals surface area contributed by atoms with Crippen molar-refractivity contribution in [2.75, 3.05) is 0 Å². The van der Waals surface area contributed by atoms with E-state index in [4.69, 9.17) is 4.74 Å². The van der Waals surface area contributed by atoms with Crippen molar-refractivity contribution in [1.29, 1.82) is 0 Å². The van der Waals surface area contributed by atoms with Gasteiger partial charge in [0.25, 0.3) is 0 Å². The van der Waals surface area contributed by atoms with Crippen LogP contribution in [0.25, 0.3) is 0 Å². The summed E-state index contributed by atoms with van der Waals surface area (Å²) in [5.41, 5.74) is 0. The molecule has 2 aromatic carbocycles. The highest BCUT2D eigenvalue weighted by atomic mass is 16.5. The molecule has 0 amide bonds. The van der Waals surface area contributed by atoms with Gasteiger partial charge in [0.2, 0.25) is 5.75 Å². The molecule has 0 radical (unpaired) electrons. The van der Waals surface area contributed by atoms with Crippen LogP contribution in [-0.4, -0.2) is 10.2 Å². The molecule has 2 rings (SSSR count). The molecule has 0 atom stereocenters. The molecule has 3 nitrogen and oxygen atoms in total. The third kappa shape index (κ3) is 2.02. The maximum absolute atomic E-state index is 9.48. The lowest BCUT2D eigenvalue weighted by Gasteiger charge is -2.07. The van der Waals surface area contributed by atoms with Crippen molar-refractivity contribution in [2.24, 2.45) is 0 Å². The van der Waals surface area contributed by atoms with Gasteiger partial charge in [-0.15, -0.1) is 0 Å². The summed E-state index contributed by atoms with van der Waals surface area (Å²) in [4.78, 5) is 0. The third-order valence-electron chi connectivity index (χ3n) is 1.95. The zero-order valence-electron chi connectivity index (χ0n) is 7.92. The molecule has 0 bridgehead atoms. The number of hydrogen-bond donors (Lipinski definition) is 2. The summed E-state index contributed by atoms with van der Waals surface area (Å²) in [6, 6.07) is 13.6. The first-order valence-corrected chi connectivity index (χ1v) is 4.51. The summed E-state index contributed by atoms with van der Waals surface area (Å²) in [5, 5.41) is 18.7. The highest BCUT2D eigenvalue weighted by Gasteiger charge is 2.07. The minimum Gasteiger partial charge on any atom is -0.504 e. The van der Waals surface area contributed by atoms with E-state index < -0.39 is 0 Å². The van der Waals surface area contributed by atoms with Gasteiger partial charge in [0.05, 0.1) is 0 Å². The summed E-state index contributed by atoms with van der Waals surface area (Å²) in [5.74, 6) is 0.407. The van der Waals surface area contributed by atoms with Crippen molar-refractivity contribution in [1.82, 2.24) is 0 Å². The Morgan fingerprint density at radius 3 is 2.27 bits per heavy atom. The van der Waals surface area contributed by atoms with Crippen LogP contribution >= 0.6 is 0 Å². The van der Waals surface area contributed by atoms with Crippen LogP contribution in [-0.2, 0) is 0 Å². The van der Waals surface area contributed by atoms with Crippen LogP contribution < -0.4 is 4.74 Å².